The van der Waals surface area contributed by atoms with Gasteiger partial charge in [-0.25, -0.2) is 4.98 Å². The fourth-order valence-electron chi connectivity index (χ4n) is 2.65. The van der Waals surface area contributed by atoms with E-state index in [9.17, 15) is 18.0 Å². The minimum absolute atomic E-state index is 0.0872. The van der Waals surface area contributed by atoms with Gasteiger partial charge in [0, 0.05) is 19.1 Å². The molecule has 1 aliphatic heterocycles. The van der Waals surface area contributed by atoms with E-state index in [2.05, 4.69) is 10.3 Å². The smallest absolute Gasteiger partial charge is 0.334 e. The van der Waals surface area contributed by atoms with Crippen molar-refractivity contribution in [1.82, 2.24) is 15.2 Å². The highest BCUT2D eigenvalue weighted by Gasteiger charge is 2.34. The van der Waals surface area contributed by atoms with Crippen LogP contribution in [-0.4, -0.2) is 42.0 Å². The van der Waals surface area contributed by atoms with Crippen molar-refractivity contribution in [2.75, 3.05) is 20.1 Å². The minimum atomic E-state index is -4.49. The Morgan fingerprint density at radius 3 is 2.76 bits per heavy atom. The Hall–Kier alpha value is -1.63. The summed E-state index contributed by atoms with van der Waals surface area (Å²) >= 11 is 0. The molecule has 0 aromatic carbocycles. The van der Waals surface area contributed by atoms with Crippen LogP contribution in [0.25, 0.3) is 0 Å². The van der Waals surface area contributed by atoms with Crippen molar-refractivity contribution in [2.24, 2.45) is 0 Å². The summed E-state index contributed by atoms with van der Waals surface area (Å²) in [4.78, 5) is 17.7. The van der Waals surface area contributed by atoms with Crippen LogP contribution in [-0.2, 0) is 6.18 Å². The quantitative estimate of drug-likeness (QED) is 0.931. The maximum Gasteiger partial charge on any atom is 0.433 e. The molecule has 1 unspecified atom stereocenters. The number of carbonyl (C=O) groups is 1. The van der Waals surface area contributed by atoms with Gasteiger partial charge in [-0.15, -0.1) is 0 Å². The molecule has 1 fully saturated rings. The van der Waals surface area contributed by atoms with Crippen LogP contribution in [0.1, 0.15) is 34.6 Å². The van der Waals surface area contributed by atoms with Crippen LogP contribution in [0, 0.1) is 6.92 Å². The molecule has 7 heteroatoms. The molecule has 0 spiro atoms. The average Bonchev–Trinajstić information content (AvgIpc) is 2.85. The number of amides is 1. The molecule has 0 bridgehead atoms. The van der Waals surface area contributed by atoms with E-state index in [1.807, 2.05) is 7.05 Å². The summed E-state index contributed by atoms with van der Waals surface area (Å²) in [6, 6.07) is 2.18. The third kappa shape index (κ3) is 3.34. The number of nitrogens with zero attached hydrogens (tertiary/aromatic N) is 2. The zero-order chi connectivity index (χ0) is 15.6. The summed E-state index contributed by atoms with van der Waals surface area (Å²) in [6.45, 7) is 2.75. The number of likely N-dealkylation sites (tertiary alicyclic amines) is 1. The molecule has 4 nitrogen and oxygen atoms in total. The first-order chi connectivity index (χ1) is 9.84. The largest absolute Gasteiger partial charge is 0.433 e. The van der Waals surface area contributed by atoms with E-state index in [0.29, 0.717) is 13.1 Å². The maximum atomic E-state index is 12.6. The summed E-state index contributed by atoms with van der Waals surface area (Å²) in [6.07, 6.45) is -2.68. The van der Waals surface area contributed by atoms with Crippen molar-refractivity contribution in [3.63, 3.8) is 0 Å². The summed E-state index contributed by atoms with van der Waals surface area (Å²) < 4.78 is 37.8. The highest BCUT2D eigenvalue weighted by molar-refractivity contribution is 5.95. The van der Waals surface area contributed by atoms with Gasteiger partial charge >= 0.3 is 6.18 Å². The van der Waals surface area contributed by atoms with Gasteiger partial charge in [-0.05, 0) is 38.9 Å². The van der Waals surface area contributed by atoms with Crippen molar-refractivity contribution in [2.45, 2.75) is 32.0 Å². The van der Waals surface area contributed by atoms with Crippen molar-refractivity contribution in [1.29, 1.82) is 0 Å². The number of carbonyl (C=O) groups excluding carboxylic acids is 1. The topological polar surface area (TPSA) is 45.2 Å². The van der Waals surface area contributed by atoms with Crippen LogP contribution in [0.4, 0.5) is 13.2 Å². The third-order valence-corrected chi connectivity index (χ3v) is 3.68. The number of nitrogens with one attached hydrogen (secondary N) is 1. The number of rotatable bonds is 3. The van der Waals surface area contributed by atoms with Gasteiger partial charge in [0.2, 0.25) is 0 Å². The second-order valence-corrected chi connectivity index (χ2v) is 5.18. The van der Waals surface area contributed by atoms with Crippen LogP contribution in [0.5, 0.6) is 0 Å². The van der Waals surface area contributed by atoms with Gasteiger partial charge in [0.05, 0.1) is 11.3 Å². The van der Waals surface area contributed by atoms with Crippen LogP contribution < -0.4 is 5.32 Å². The predicted octanol–water partition coefficient (Wildman–Crippen LogP) is 2.23. The highest BCUT2D eigenvalue weighted by atomic mass is 19.4. The lowest BCUT2D eigenvalue weighted by Gasteiger charge is -2.25. The summed E-state index contributed by atoms with van der Waals surface area (Å²) in [7, 11) is 1.81. The fraction of sp³-hybridized carbons (Fsp3) is 0.571. The SMILES string of the molecule is CNCC1CCCN1C(=O)c1ccc(C(F)(F)F)nc1C. The number of alkyl halides is 3. The van der Waals surface area contributed by atoms with Gasteiger partial charge in [-0.1, -0.05) is 0 Å². The van der Waals surface area contributed by atoms with Gasteiger partial charge in [-0.2, -0.15) is 13.2 Å². The monoisotopic (exact) mass is 301 g/mol. The molecular formula is C14H18F3N3O. The Bertz CT molecular complexity index is 531. The standard InChI is InChI=1S/C14H18F3N3O/c1-9-11(5-6-12(19-9)14(15,16)17)13(21)20-7-3-4-10(20)8-18-2/h5-6,10,18H,3-4,7-8H2,1-2H3. The molecule has 1 aliphatic rings. The van der Waals surface area contributed by atoms with Gasteiger partial charge in [0.1, 0.15) is 5.69 Å². The fourth-order valence-corrected chi connectivity index (χ4v) is 2.65. The Morgan fingerprint density at radius 2 is 2.19 bits per heavy atom. The van der Waals surface area contributed by atoms with E-state index in [1.165, 1.54) is 13.0 Å². The maximum absolute atomic E-state index is 12.6. The van der Waals surface area contributed by atoms with Crippen LogP contribution in [0.15, 0.2) is 12.1 Å². The van der Waals surface area contributed by atoms with Crippen molar-refractivity contribution in [3.05, 3.63) is 29.1 Å². The summed E-state index contributed by atoms with van der Waals surface area (Å²) in [5.41, 5.74) is -0.610. The Balaban J connectivity index is 2.23. The van der Waals surface area contributed by atoms with Crippen LogP contribution >= 0.6 is 0 Å². The molecule has 1 atom stereocenters. The molecule has 1 aromatic heterocycles. The zero-order valence-electron chi connectivity index (χ0n) is 12.0. The average molecular weight is 301 g/mol. The van der Waals surface area contributed by atoms with Gasteiger partial charge in [0.15, 0.2) is 0 Å². The molecule has 0 saturated carbocycles. The van der Waals surface area contributed by atoms with E-state index >= 15 is 0 Å². The number of aryl methyl sites for hydroxylation is 1. The first kappa shape index (κ1) is 15.8. The van der Waals surface area contributed by atoms with E-state index in [-0.39, 0.29) is 23.2 Å². The molecule has 0 aliphatic carbocycles. The van der Waals surface area contributed by atoms with Crippen LogP contribution in [0.3, 0.4) is 0 Å². The molecule has 1 amide bonds. The molecule has 116 valence electrons. The lowest BCUT2D eigenvalue weighted by Crippen LogP contribution is -2.41. The Labute approximate surface area is 121 Å². The number of hydrogen-bond acceptors (Lipinski definition) is 3. The molecule has 0 radical (unpaired) electrons. The second kappa shape index (κ2) is 6.01. The van der Waals surface area contributed by atoms with Crippen molar-refractivity contribution >= 4 is 5.91 Å². The first-order valence-corrected chi connectivity index (χ1v) is 6.85. The van der Waals surface area contributed by atoms with Crippen LogP contribution in [0.2, 0.25) is 0 Å². The molecular weight excluding hydrogens is 283 g/mol. The van der Waals surface area contributed by atoms with E-state index in [0.717, 1.165) is 18.9 Å². The predicted molar refractivity (Wildman–Crippen MR) is 72.0 cm³/mol. The van der Waals surface area contributed by atoms with Crippen molar-refractivity contribution in [3.8, 4) is 0 Å². The zero-order valence-corrected chi connectivity index (χ0v) is 12.0. The molecule has 21 heavy (non-hydrogen) atoms. The lowest BCUT2D eigenvalue weighted by atomic mass is 10.1. The second-order valence-electron chi connectivity index (χ2n) is 5.18. The molecule has 1 N–H and O–H groups in total. The van der Waals surface area contributed by atoms with Gasteiger partial charge in [-0.3, -0.25) is 4.79 Å². The summed E-state index contributed by atoms with van der Waals surface area (Å²) in [5, 5.41) is 3.03. The molecule has 1 aromatic rings. The third-order valence-electron chi connectivity index (χ3n) is 3.68. The minimum Gasteiger partial charge on any atom is -0.334 e. The normalized spacial score (nSPS) is 19.1. The van der Waals surface area contributed by atoms with E-state index in [1.54, 1.807) is 4.90 Å². The Morgan fingerprint density at radius 1 is 1.48 bits per heavy atom. The lowest BCUT2D eigenvalue weighted by molar-refractivity contribution is -0.141. The number of aromatic nitrogens is 1. The molecule has 2 heterocycles. The van der Waals surface area contributed by atoms with Gasteiger partial charge < -0.3 is 10.2 Å². The van der Waals surface area contributed by atoms with Crippen molar-refractivity contribution < 1.29 is 18.0 Å². The summed E-state index contributed by atoms with van der Waals surface area (Å²) in [5.74, 6) is -0.244. The van der Waals surface area contributed by atoms with E-state index in [4.69, 9.17) is 0 Å². The first-order valence-electron chi connectivity index (χ1n) is 6.85. The number of pyridine rings is 1. The van der Waals surface area contributed by atoms with E-state index < -0.39 is 11.9 Å². The number of likely N-dealkylation sites (N-methyl/N-ethyl adjacent to an activating group) is 1. The molecule has 1 saturated heterocycles. The number of halogens is 3. The molecule has 2 rings (SSSR count). The highest BCUT2D eigenvalue weighted by Crippen LogP contribution is 2.29. The number of hydrogen-bond donors (Lipinski definition) is 1. The van der Waals surface area contributed by atoms with Gasteiger partial charge in [0.25, 0.3) is 5.91 Å². The Kier molecular flexibility index (Phi) is 4.51.